The minimum Gasteiger partial charge on any atom is -0.403 e. The van der Waals surface area contributed by atoms with E-state index in [4.69, 9.17) is 9.31 Å². The molecule has 1 heterocycles. The van der Waals surface area contributed by atoms with E-state index in [0.29, 0.717) is 0 Å². The third kappa shape index (κ3) is 4.23. The number of hydrogen-bond donors (Lipinski definition) is 0. The molecule has 0 aromatic heterocycles. The average Bonchev–Trinajstić information content (AvgIpc) is 2.80. The van der Waals surface area contributed by atoms with E-state index in [1.807, 2.05) is 6.07 Å². The molecule has 0 saturated carbocycles. The van der Waals surface area contributed by atoms with Gasteiger partial charge in [0.25, 0.3) is 0 Å². The van der Waals surface area contributed by atoms with Gasteiger partial charge in [-0.1, -0.05) is 72.8 Å². The van der Waals surface area contributed by atoms with Crippen molar-refractivity contribution in [2.24, 2.45) is 0 Å². The molecule has 1 aliphatic rings. The Balaban J connectivity index is 1.80. The summed E-state index contributed by atoms with van der Waals surface area (Å²) in [5.74, 6) is 0.246. The first kappa shape index (κ1) is 18.0. The van der Waals surface area contributed by atoms with Gasteiger partial charge in [-0.05, 0) is 45.1 Å². The van der Waals surface area contributed by atoms with Crippen LogP contribution in [0.5, 0.6) is 0 Å². The summed E-state index contributed by atoms with van der Waals surface area (Å²) in [6, 6.07) is 21.0. The summed E-state index contributed by atoms with van der Waals surface area (Å²) in [5, 5.41) is 0. The second-order valence-corrected chi connectivity index (χ2v) is 7.71. The normalized spacial score (nSPS) is 20.1. The highest BCUT2D eigenvalue weighted by atomic mass is 16.7. The van der Waals surface area contributed by atoms with Gasteiger partial charge in [0.05, 0.1) is 11.2 Å². The number of rotatable bonds is 5. The maximum absolute atomic E-state index is 6.21. The molecule has 25 heavy (non-hydrogen) atoms. The second kappa shape index (κ2) is 7.19. The van der Waals surface area contributed by atoms with Crippen LogP contribution in [0.1, 0.15) is 44.7 Å². The summed E-state index contributed by atoms with van der Waals surface area (Å²) >= 11 is 0. The fourth-order valence-corrected chi connectivity index (χ4v) is 3.09. The lowest BCUT2D eigenvalue weighted by molar-refractivity contribution is 0.00578. The molecule has 0 amide bonds. The highest BCUT2D eigenvalue weighted by Crippen LogP contribution is 2.40. The molecule has 3 rings (SSSR count). The fraction of sp³-hybridized carbons (Fsp3) is 0.364. The molecule has 1 aliphatic heterocycles. The van der Waals surface area contributed by atoms with E-state index in [0.717, 1.165) is 6.32 Å². The molecular weight excluding hydrogens is 307 g/mol. The maximum atomic E-state index is 6.21. The number of benzene rings is 2. The first-order valence-corrected chi connectivity index (χ1v) is 9.01. The molecule has 1 saturated heterocycles. The molecule has 2 nitrogen and oxygen atoms in total. The van der Waals surface area contributed by atoms with E-state index < -0.39 is 0 Å². The van der Waals surface area contributed by atoms with Crippen LogP contribution < -0.4 is 0 Å². The van der Waals surface area contributed by atoms with Crippen LogP contribution >= 0.6 is 0 Å². The van der Waals surface area contributed by atoms with Crippen LogP contribution in [0, 0.1) is 0 Å². The van der Waals surface area contributed by atoms with Gasteiger partial charge in [0.1, 0.15) is 0 Å². The molecule has 2 aromatic carbocycles. The van der Waals surface area contributed by atoms with Gasteiger partial charge in [0, 0.05) is 5.92 Å². The summed E-state index contributed by atoms with van der Waals surface area (Å²) in [4.78, 5) is 0. The lowest BCUT2D eigenvalue weighted by Crippen LogP contribution is -2.41. The third-order valence-corrected chi connectivity index (χ3v) is 5.30. The molecule has 1 fully saturated rings. The Kier molecular flexibility index (Phi) is 5.17. The summed E-state index contributed by atoms with van der Waals surface area (Å²) in [6.45, 7) is 8.41. The van der Waals surface area contributed by atoms with Crippen molar-refractivity contribution in [1.82, 2.24) is 0 Å². The first-order chi connectivity index (χ1) is 11.9. The molecule has 0 N–H and O–H groups in total. The number of hydrogen-bond acceptors (Lipinski definition) is 2. The molecule has 1 unspecified atom stereocenters. The zero-order valence-corrected chi connectivity index (χ0v) is 15.6. The van der Waals surface area contributed by atoms with Crippen molar-refractivity contribution in [2.45, 2.75) is 51.1 Å². The quantitative estimate of drug-likeness (QED) is 0.665. The van der Waals surface area contributed by atoms with Crippen LogP contribution in [0.15, 0.2) is 66.7 Å². The third-order valence-electron chi connectivity index (χ3n) is 5.30. The van der Waals surface area contributed by atoms with Crippen molar-refractivity contribution >= 4 is 13.2 Å². The molecule has 0 aliphatic carbocycles. The minimum absolute atomic E-state index is 0.198. The zero-order valence-electron chi connectivity index (χ0n) is 15.6. The van der Waals surface area contributed by atoms with E-state index in [1.165, 1.54) is 11.1 Å². The fourth-order valence-electron chi connectivity index (χ4n) is 3.09. The molecule has 1 atom stereocenters. The van der Waals surface area contributed by atoms with Gasteiger partial charge in [0.15, 0.2) is 0 Å². The lowest BCUT2D eigenvalue weighted by Gasteiger charge is -2.32. The molecule has 130 valence electrons. The summed E-state index contributed by atoms with van der Waals surface area (Å²) in [7, 11) is -0.198. The molecule has 3 heteroatoms. The van der Waals surface area contributed by atoms with Gasteiger partial charge in [0.2, 0.25) is 0 Å². The predicted octanol–water partition coefficient (Wildman–Crippen LogP) is 5.58. The van der Waals surface area contributed by atoms with Crippen LogP contribution in [0.2, 0.25) is 6.32 Å². The van der Waals surface area contributed by atoms with Crippen LogP contribution in [-0.2, 0) is 9.31 Å². The maximum Gasteiger partial charge on any atom is 0.458 e. The van der Waals surface area contributed by atoms with Crippen LogP contribution in [0.3, 0.4) is 0 Å². The minimum atomic E-state index is -0.290. The van der Waals surface area contributed by atoms with E-state index in [1.54, 1.807) is 0 Å². The molecule has 0 radical (unpaired) electrons. The van der Waals surface area contributed by atoms with Crippen molar-refractivity contribution in [3.63, 3.8) is 0 Å². The Hall–Kier alpha value is -1.84. The van der Waals surface area contributed by atoms with Crippen molar-refractivity contribution in [3.05, 3.63) is 77.9 Å². The van der Waals surface area contributed by atoms with Gasteiger partial charge in [-0.25, -0.2) is 0 Å². The van der Waals surface area contributed by atoms with Gasteiger partial charge >= 0.3 is 7.12 Å². The Morgan fingerprint density at radius 1 is 0.840 bits per heavy atom. The lowest BCUT2D eigenvalue weighted by atomic mass is 9.74. The highest BCUT2D eigenvalue weighted by molar-refractivity contribution is 6.45. The Morgan fingerprint density at radius 3 is 1.92 bits per heavy atom. The molecule has 0 spiro atoms. The summed E-state index contributed by atoms with van der Waals surface area (Å²) < 4.78 is 12.4. The smallest absolute Gasteiger partial charge is 0.403 e. The standard InChI is InChI=1S/C22H27BO2/c1-21(2)22(3,4)25-23(24-21)17-20(19-13-9-6-10-14-19)16-15-18-11-7-5-8-12-18/h5-16,20H,17H2,1-4H3/b16-15+. The zero-order chi connectivity index (χ0) is 17.9. The van der Waals surface area contributed by atoms with Crippen molar-refractivity contribution in [3.8, 4) is 0 Å². The number of allylic oxidation sites excluding steroid dienone is 1. The highest BCUT2D eigenvalue weighted by Gasteiger charge is 2.51. The topological polar surface area (TPSA) is 18.5 Å². The van der Waals surface area contributed by atoms with Crippen molar-refractivity contribution in [2.75, 3.05) is 0 Å². The van der Waals surface area contributed by atoms with Gasteiger partial charge in [-0.2, -0.15) is 0 Å². The summed E-state index contributed by atoms with van der Waals surface area (Å²) in [5.41, 5.74) is 1.91. The summed E-state index contributed by atoms with van der Waals surface area (Å²) in [6.07, 6.45) is 5.25. The largest absolute Gasteiger partial charge is 0.458 e. The van der Waals surface area contributed by atoms with E-state index in [2.05, 4.69) is 94.4 Å². The van der Waals surface area contributed by atoms with Crippen LogP contribution in [-0.4, -0.2) is 18.3 Å². The van der Waals surface area contributed by atoms with Crippen LogP contribution in [0.25, 0.3) is 6.08 Å². The average molecular weight is 334 g/mol. The van der Waals surface area contributed by atoms with E-state index >= 15 is 0 Å². The predicted molar refractivity (Wildman–Crippen MR) is 106 cm³/mol. The van der Waals surface area contributed by atoms with Crippen LogP contribution in [0.4, 0.5) is 0 Å². The van der Waals surface area contributed by atoms with E-state index in [9.17, 15) is 0 Å². The SMILES string of the molecule is CC1(C)OB(CC(/C=C/c2ccccc2)c2ccccc2)OC1(C)C. The second-order valence-electron chi connectivity index (χ2n) is 7.71. The van der Waals surface area contributed by atoms with Gasteiger partial charge in [-0.3, -0.25) is 0 Å². The Morgan fingerprint density at radius 2 is 1.36 bits per heavy atom. The monoisotopic (exact) mass is 334 g/mol. The van der Waals surface area contributed by atoms with Gasteiger partial charge in [-0.15, -0.1) is 0 Å². The Labute approximate surface area is 152 Å². The van der Waals surface area contributed by atoms with E-state index in [-0.39, 0.29) is 24.2 Å². The van der Waals surface area contributed by atoms with Gasteiger partial charge < -0.3 is 9.31 Å². The Bertz CT molecular complexity index is 691. The first-order valence-electron chi connectivity index (χ1n) is 9.01. The molecule has 0 bridgehead atoms. The van der Waals surface area contributed by atoms with Crippen molar-refractivity contribution in [1.29, 1.82) is 0 Å². The molecule has 2 aromatic rings. The van der Waals surface area contributed by atoms with Crippen molar-refractivity contribution < 1.29 is 9.31 Å². The molecular formula is C22H27BO2.